The van der Waals surface area contributed by atoms with Crippen molar-refractivity contribution in [3.8, 4) is 0 Å². The van der Waals surface area contributed by atoms with Crippen LogP contribution in [0.15, 0.2) is 54.6 Å². The predicted octanol–water partition coefficient (Wildman–Crippen LogP) is 1.86. The number of halogens is 1. The Bertz CT molecular complexity index is 1190. The van der Waals surface area contributed by atoms with E-state index in [2.05, 4.69) is 20.9 Å². The molecule has 1 saturated heterocycles. The number of fused-ring (bicyclic) bond motifs is 1. The Morgan fingerprint density at radius 1 is 1.12 bits per heavy atom. The molecule has 2 heterocycles. The Morgan fingerprint density at radius 3 is 2.65 bits per heavy atom. The number of benzene rings is 2. The van der Waals surface area contributed by atoms with Crippen molar-refractivity contribution in [1.29, 1.82) is 0 Å². The minimum atomic E-state index is -1.07. The number of rotatable bonds is 9. The van der Waals surface area contributed by atoms with Crippen LogP contribution >= 0.6 is 0 Å². The zero-order valence-corrected chi connectivity index (χ0v) is 18.3. The van der Waals surface area contributed by atoms with Crippen LogP contribution in [0, 0.1) is 11.7 Å². The van der Waals surface area contributed by atoms with Crippen LogP contribution in [0.5, 0.6) is 0 Å². The second-order valence-electron chi connectivity index (χ2n) is 8.39. The number of amides is 3. The second kappa shape index (κ2) is 10.3. The first-order valence-electron chi connectivity index (χ1n) is 11.1. The molecular formula is C25H25FN4O4. The van der Waals surface area contributed by atoms with E-state index in [1.165, 1.54) is 18.2 Å². The Kier molecular flexibility index (Phi) is 7.01. The molecule has 9 heteroatoms. The number of para-hydroxylation sites is 1. The van der Waals surface area contributed by atoms with E-state index in [9.17, 15) is 23.6 Å². The highest BCUT2D eigenvalue weighted by molar-refractivity contribution is 6.00. The normalized spacial score (nSPS) is 17.1. The van der Waals surface area contributed by atoms with E-state index in [1.54, 1.807) is 12.1 Å². The van der Waals surface area contributed by atoms with Gasteiger partial charge in [0.2, 0.25) is 11.8 Å². The van der Waals surface area contributed by atoms with E-state index in [0.717, 1.165) is 10.9 Å². The maximum absolute atomic E-state index is 13.7. The van der Waals surface area contributed by atoms with Gasteiger partial charge >= 0.3 is 0 Å². The summed E-state index contributed by atoms with van der Waals surface area (Å²) in [5.74, 6) is -2.07. The molecule has 1 aliphatic rings. The van der Waals surface area contributed by atoms with Gasteiger partial charge in [-0.3, -0.25) is 14.4 Å². The van der Waals surface area contributed by atoms with E-state index < -0.39 is 29.7 Å². The van der Waals surface area contributed by atoms with Crippen LogP contribution in [-0.2, 0) is 20.8 Å². The summed E-state index contributed by atoms with van der Waals surface area (Å²) in [6.45, 7) is 0.534. The van der Waals surface area contributed by atoms with Gasteiger partial charge in [-0.1, -0.05) is 30.3 Å². The lowest BCUT2D eigenvalue weighted by molar-refractivity contribution is -0.127. The van der Waals surface area contributed by atoms with Crippen molar-refractivity contribution in [3.05, 3.63) is 71.7 Å². The molecule has 0 aliphatic carbocycles. The minimum absolute atomic E-state index is 0.0189. The lowest BCUT2D eigenvalue weighted by atomic mass is 9.98. The van der Waals surface area contributed by atoms with Crippen LogP contribution in [0.25, 0.3) is 10.9 Å². The maximum atomic E-state index is 13.7. The number of aromatic nitrogens is 1. The second-order valence-corrected chi connectivity index (χ2v) is 8.39. The number of aldehydes is 1. The SMILES string of the molecule is O=C[C@H](C[C@@H]1CCNC1=O)NC(=O)[C@H](Cc1cccc(F)c1)NC(=O)c1cc2ccccc2[nH]1. The number of nitrogens with one attached hydrogen (secondary N) is 4. The zero-order chi connectivity index (χ0) is 24.1. The average molecular weight is 464 g/mol. The van der Waals surface area contributed by atoms with Crippen molar-refractivity contribution in [2.75, 3.05) is 6.54 Å². The highest BCUT2D eigenvalue weighted by Gasteiger charge is 2.30. The third-order valence-corrected chi connectivity index (χ3v) is 5.92. The van der Waals surface area contributed by atoms with Crippen molar-refractivity contribution < 1.29 is 23.6 Å². The molecule has 1 fully saturated rings. The fourth-order valence-electron chi connectivity index (χ4n) is 4.15. The van der Waals surface area contributed by atoms with Crippen molar-refractivity contribution in [3.63, 3.8) is 0 Å². The summed E-state index contributed by atoms with van der Waals surface area (Å²) >= 11 is 0. The van der Waals surface area contributed by atoms with Gasteiger partial charge in [0.25, 0.3) is 5.91 Å². The standard InChI is InChI=1S/C25H25FN4O4/c26-18-6-3-4-15(10-18)11-21(24(33)28-19(14-31)12-17-8-9-27-23(17)32)30-25(34)22-13-16-5-1-2-7-20(16)29-22/h1-7,10,13-14,17,19,21,29H,8-9,11-12H2,(H,27,32)(H,28,33)(H,30,34)/t17-,19-,21-/m0/s1. The first-order valence-corrected chi connectivity index (χ1v) is 11.1. The third kappa shape index (κ3) is 5.48. The summed E-state index contributed by atoms with van der Waals surface area (Å²) in [7, 11) is 0. The first-order chi connectivity index (χ1) is 16.4. The fraction of sp³-hybridized carbons (Fsp3) is 0.280. The Morgan fingerprint density at radius 2 is 1.94 bits per heavy atom. The van der Waals surface area contributed by atoms with Gasteiger partial charge in [-0.15, -0.1) is 0 Å². The molecule has 176 valence electrons. The largest absolute Gasteiger partial charge is 0.356 e. The highest BCUT2D eigenvalue weighted by atomic mass is 19.1. The number of carbonyl (C=O) groups is 4. The van der Waals surface area contributed by atoms with Crippen molar-refractivity contribution in [2.24, 2.45) is 5.92 Å². The third-order valence-electron chi connectivity index (χ3n) is 5.92. The fourth-order valence-corrected chi connectivity index (χ4v) is 4.15. The quantitative estimate of drug-likeness (QED) is 0.361. The molecule has 3 amide bonds. The van der Waals surface area contributed by atoms with Crippen molar-refractivity contribution >= 4 is 34.9 Å². The zero-order valence-electron chi connectivity index (χ0n) is 18.3. The van der Waals surface area contributed by atoms with E-state index in [0.29, 0.717) is 24.8 Å². The molecule has 2 aromatic carbocycles. The topological polar surface area (TPSA) is 120 Å². The highest BCUT2D eigenvalue weighted by Crippen LogP contribution is 2.17. The number of H-pyrrole nitrogens is 1. The lowest BCUT2D eigenvalue weighted by Crippen LogP contribution is -2.51. The van der Waals surface area contributed by atoms with Gasteiger partial charge in [0, 0.05) is 29.8 Å². The number of carbonyl (C=O) groups excluding carboxylic acids is 4. The summed E-state index contributed by atoms with van der Waals surface area (Å²) in [5, 5.41) is 8.87. The summed E-state index contributed by atoms with van der Waals surface area (Å²) in [4.78, 5) is 52.5. The van der Waals surface area contributed by atoms with Gasteiger partial charge < -0.3 is 25.7 Å². The van der Waals surface area contributed by atoms with E-state index in [1.807, 2.05) is 24.3 Å². The Balaban J connectivity index is 1.51. The maximum Gasteiger partial charge on any atom is 0.268 e. The molecule has 8 nitrogen and oxygen atoms in total. The van der Waals surface area contributed by atoms with Gasteiger partial charge in [0.15, 0.2) is 0 Å². The summed E-state index contributed by atoms with van der Waals surface area (Å²) in [5.41, 5.74) is 1.55. The number of hydrogen-bond donors (Lipinski definition) is 4. The molecule has 3 aromatic rings. The smallest absolute Gasteiger partial charge is 0.268 e. The summed E-state index contributed by atoms with van der Waals surface area (Å²) in [6.07, 6.45) is 1.36. The first kappa shape index (κ1) is 23.2. The summed E-state index contributed by atoms with van der Waals surface area (Å²) in [6, 6.07) is 12.8. The molecule has 4 rings (SSSR count). The van der Waals surface area contributed by atoms with E-state index in [4.69, 9.17) is 0 Å². The van der Waals surface area contributed by atoms with Crippen LogP contribution in [0.1, 0.15) is 28.9 Å². The minimum Gasteiger partial charge on any atom is -0.356 e. The van der Waals surface area contributed by atoms with Crippen LogP contribution in [0.3, 0.4) is 0 Å². The molecule has 0 unspecified atom stereocenters. The molecule has 0 radical (unpaired) electrons. The van der Waals surface area contributed by atoms with Gasteiger partial charge in [-0.2, -0.15) is 0 Å². The summed E-state index contributed by atoms with van der Waals surface area (Å²) < 4.78 is 13.7. The molecule has 34 heavy (non-hydrogen) atoms. The van der Waals surface area contributed by atoms with Gasteiger partial charge in [0.1, 0.15) is 23.8 Å². The Hall–Kier alpha value is -4.01. The molecule has 0 spiro atoms. The van der Waals surface area contributed by atoms with Crippen LogP contribution < -0.4 is 16.0 Å². The van der Waals surface area contributed by atoms with Gasteiger partial charge in [-0.25, -0.2) is 4.39 Å². The van der Waals surface area contributed by atoms with Crippen molar-refractivity contribution in [2.45, 2.75) is 31.3 Å². The van der Waals surface area contributed by atoms with E-state index >= 15 is 0 Å². The van der Waals surface area contributed by atoms with Gasteiger partial charge in [-0.05, 0) is 42.7 Å². The van der Waals surface area contributed by atoms with Crippen LogP contribution in [0.4, 0.5) is 4.39 Å². The lowest BCUT2D eigenvalue weighted by Gasteiger charge is -2.22. The van der Waals surface area contributed by atoms with Crippen LogP contribution in [-0.4, -0.2) is 47.6 Å². The molecule has 1 aromatic heterocycles. The predicted molar refractivity (Wildman–Crippen MR) is 123 cm³/mol. The molecule has 4 N–H and O–H groups in total. The monoisotopic (exact) mass is 464 g/mol. The van der Waals surface area contributed by atoms with Gasteiger partial charge in [0.05, 0.1) is 6.04 Å². The number of hydrogen-bond acceptors (Lipinski definition) is 4. The average Bonchev–Trinajstić information content (AvgIpc) is 3.44. The molecule has 0 saturated carbocycles. The molecule has 1 aliphatic heterocycles. The Labute approximate surface area is 195 Å². The van der Waals surface area contributed by atoms with Crippen LogP contribution in [0.2, 0.25) is 0 Å². The molecule has 3 atom stereocenters. The van der Waals surface area contributed by atoms with E-state index in [-0.39, 0.29) is 30.4 Å². The van der Waals surface area contributed by atoms with Crippen molar-refractivity contribution in [1.82, 2.24) is 20.9 Å². The molecular weight excluding hydrogens is 439 g/mol. The molecule has 0 bridgehead atoms. The number of aromatic amines is 1.